The molecule has 3 nitrogen and oxygen atoms in total. The Kier molecular flexibility index (Phi) is 15.8. The maximum Gasteiger partial charge on any atom is 0.0478 e. The van der Waals surface area contributed by atoms with E-state index in [2.05, 4.69) is 12.2 Å². The highest BCUT2D eigenvalue weighted by molar-refractivity contribution is 4.56. The summed E-state index contributed by atoms with van der Waals surface area (Å²) in [5.41, 5.74) is 5.65. The van der Waals surface area contributed by atoms with E-state index in [1.165, 1.54) is 51.4 Å². The molecular weight excluding hydrogens is 236 g/mol. The molecule has 0 radical (unpaired) electrons. The van der Waals surface area contributed by atoms with Crippen LogP contribution in [0.15, 0.2) is 0 Å². The third-order valence-electron chi connectivity index (χ3n) is 3.25. The first-order valence-electron chi connectivity index (χ1n) is 8.31. The van der Waals surface area contributed by atoms with Crippen molar-refractivity contribution in [1.29, 1.82) is 0 Å². The molecule has 3 N–H and O–H groups in total. The van der Waals surface area contributed by atoms with Crippen LogP contribution in [0.2, 0.25) is 0 Å². The van der Waals surface area contributed by atoms with Gasteiger partial charge >= 0.3 is 0 Å². The van der Waals surface area contributed by atoms with E-state index in [9.17, 15) is 0 Å². The van der Waals surface area contributed by atoms with Crippen LogP contribution in [0.5, 0.6) is 0 Å². The Morgan fingerprint density at radius 1 is 0.895 bits per heavy atom. The van der Waals surface area contributed by atoms with Crippen molar-refractivity contribution in [3.8, 4) is 0 Å². The number of rotatable bonds is 15. The Hall–Kier alpha value is -0.120. The summed E-state index contributed by atoms with van der Waals surface area (Å²) in [6.07, 6.45) is 12.0. The molecule has 0 aromatic heterocycles. The highest BCUT2D eigenvalue weighted by Gasteiger charge is 1.94. The second kappa shape index (κ2) is 15.9. The highest BCUT2D eigenvalue weighted by Crippen LogP contribution is 2.08. The van der Waals surface area contributed by atoms with Crippen LogP contribution in [-0.4, -0.2) is 32.3 Å². The Bertz CT molecular complexity index is 163. The van der Waals surface area contributed by atoms with Crippen LogP contribution in [-0.2, 0) is 4.74 Å². The van der Waals surface area contributed by atoms with Crippen molar-refractivity contribution < 1.29 is 4.74 Å². The van der Waals surface area contributed by atoms with E-state index in [-0.39, 0.29) is 6.04 Å². The Morgan fingerprint density at radius 2 is 1.47 bits per heavy atom. The van der Waals surface area contributed by atoms with E-state index in [0.717, 1.165) is 32.7 Å². The molecule has 19 heavy (non-hydrogen) atoms. The largest absolute Gasteiger partial charge is 0.381 e. The summed E-state index contributed by atoms with van der Waals surface area (Å²) in [5, 5.41) is 3.32. The molecular formula is C16H36N2O. The van der Waals surface area contributed by atoms with Gasteiger partial charge in [-0.3, -0.25) is 0 Å². The number of hydrogen-bond donors (Lipinski definition) is 2. The van der Waals surface area contributed by atoms with Gasteiger partial charge in [0.1, 0.15) is 0 Å². The summed E-state index contributed by atoms with van der Waals surface area (Å²) in [6.45, 7) is 8.01. The maximum atomic E-state index is 5.65. The van der Waals surface area contributed by atoms with Crippen LogP contribution >= 0.6 is 0 Å². The number of nitrogens with one attached hydrogen (secondary N) is 1. The summed E-state index contributed by atoms with van der Waals surface area (Å²) in [7, 11) is 0. The summed E-state index contributed by atoms with van der Waals surface area (Å²) in [5.74, 6) is 0. The van der Waals surface area contributed by atoms with Gasteiger partial charge < -0.3 is 15.8 Å². The van der Waals surface area contributed by atoms with Crippen molar-refractivity contribution in [2.24, 2.45) is 5.73 Å². The second-order valence-corrected chi connectivity index (χ2v) is 5.62. The van der Waals surface area contributed by atoms with Gasteiger partial charge in [0.15, 0.2) is 0 Å². The lowest BCUT2D eigenvalue weighted by molar-refractivity contribution is 0.127. The quantitative estimate of drug-likeness (QED) is 0.449. The minimum atomic E-state index is 0.248. The van der Waals surface area contributed by atoms with Crippen molar-refractivity contribution in [1.82, 2.24) is 5.32 Å². The molecule has 0 aliphatic carbocycles. The lowest BCUT2D eigenvalue weighted by atomic mass is 10.1. The number of nitrogens with two attached hydrogens (primary N) is 1. The van der Waals surface area contributed by atoms with Crippen LogP contribution < -0.4 is 11.1 Å². The van der Waals surface area contributed by atoms with Crippen LogP contribution in [0.25, 0.3) is 0 Å². The van der Waals surface area contributed by atoms with E-state index < -0.39 is 0 Å². The molecule has 0 saturated heterocycles. The summed E-state index contributed by atoms with van der Waals surface area (Å²) in [6, 6.07) is 0.248. The Balaban J connectivity index is 2.91. The maximum absolute atomic E-state index is 5.65. The fourth-order valence-corrected chi connectivity index (χ4v) is 2.07. The van der Waals surface area contributed by atoms with Crippen LogP contribution in [0.3, 0.4) is 0 Å². The first kappa shape index (κ1) is 18.9. The van der Waals surface area contributed by atoms with E-state index in [1.54, 1.807) is 0 Å². The Morgan fingerprint density at radius 3 is 2.11 bits per heavy atom. The number of hydrogen-bond acceptors (Lipinski definition) is 3. The van der Waals surface area contributed by atoms with Gasteiger partial charge in [0.05, 0.1) is 0 Å². The lowest BCUT2D eigenvalue weighted by Gasteiger charge is -2.08. The molecule has 0 aliphatic rings. The van der Waals surface area contributed by atoms with E-state index in [0.29, 0.717) is 0 Å². The smallest absolute Gasteiger partial charge is 0.0478 e. The molecule has 0 spiro atoms. The standard InChI is InChI=1S/C16H36N2O/c1-3-4-5-6-7-8-9-10-13-19-14-11-12-18-15-16(2)17/h16,18H,3-15,17H2,1-2H3. The predicted octanol–water partition coefficient (Wildman–Crippen LogP) is 3.47. The average molecular weight is 272 g/mol. The SMILES string of the molecule is CCCCCCCCCCOCCCNCC(C)N. The minimum Gasteiger partial charge on any atom is -0.381 e. The van der Waals surface area contributed by atoms with Crippen molar-refractivity contribution in [2.75, 3.05) is 26.3 Å². The van der Waals surface area contributed by atoms with Crippen molar-refractivity contribution in [2.45, 2.75) is 77.7 Å². The third kappa shape index (κ3) is 17.9. The molecule has 3 heteroatoms. The highest BCUT2D eigenvalue weighted by atomic mass is 16.5. The first-order valence-corrected chi connectivity index (χ1v) is 8.31. The van der Waals surface area contributed by atoms with Crippen LogP contribution in [0.1, 0.15) is 71.6 Å². The first-order chi connectivity index (χ1) is 9.27. The molecule has 0 heterocycles. The Labute approximate surface area is 120 Å². The van der Waals surface area contributed by atoms with Gasteiger partial charge in [0.25, 0.3) is 0 Å². The molecule has 0 amide bonds. The zero-order valence-corrected chi connectivity index (χ0v) is 13.3. The van der Waals surface area contributed by atoms with E-state index in [1.807, 2.05) is 6.92 Å². The lowest BCUT2D eigenvalue weighted by Crippen LogP contribution is -2.31. The molecule has 0 aromatic carbocycles. The normalized spacial score (nSPS) is 12.8. The zero-order chi connectivity index (χ0) is 14.2. The van der Waals surface area contributed by atoms with Gasteiger partial charge in [-0.15, -0.1) is 0 Å². The number of unbranched alkanes of at least 4 members (excludes halogenated alkanes) is 7. The van der Waals surface area contributed by atoms with Crippen molar-refractivity contribution >= 4 is 0 Å². The second-order valence-electron chi connectivity index (χ2n) is 5.62. The molecule has 0 rings (SSSR count). The molecule has 0 bridgehead atoms. The summed E-state index contributed by atoms with van der Waals surface area (Å²) in [4.78, 5) is 0. The van der Waals surface area contributed by atoms with Crippen LogP contribution in [0.4, 0.5) is 0 Å². The van der Waals surface area contributed by atoms with Gasteiger partial charge in [-0.25, -0.2) is 0 Å². The molecule has 0 saturated carbocycles. The third-order valence-corrected chi connectivity index (χ3v) is 3.25. The zero-order valence-electron chi connectivity index (χ0n) is 13.3. The van der Waals surface area contributed by atoms with Gasteiger partial charge in [-0.05, 0) is 26.3 Å². The minimum absolute atomic E-state index is 0.248. The van der Waals surface area contributed by atoms with Crippen molar-refractivity contribution in [3.05, 3.63) is 0 Å². The fraction of sp³-hybridized carbons (Fsp3) is 1.00. The van der Waals surface area contributed by atoms with Crippen LogP contribution in [0, 0.1) is 0 Å². The molecule has 1 atom stereocenters. The predicted molar refractivity (Wildman–Crippen MR) is 84.6 cm³/mol. The van der Waals surface area contributed by atoms with Gasteiger partial charge in [0, 0.05) is 25.8 Å². The summed E-state index contributed by atoms with van der Waals surface area (Å²) < 4.78 is 5.61. The van der Waals surface area contributed by atoms with Gasteiger partial charge in [-0.2, -0.15) is 0 Å². The monoisotopic (exact) mass is 272 g/mol. The van der Waals surface area contributed by atoms with Gasteiger partial charge in [0.2, 0.25) is 0 Å². The molecule has 0 fully saturated rings. The van der Waals surface area contributed by atoms with Crippen molar-refractivity contribution in [3.63, 3.8) is 0 Å². The fourth-order valence-electron chi connectivity index (χ4n) is 2.07. The van der Waals surface area contributed by atoms with E-state index >= 15 is 0 Å². The summed E-state index contributed by atoms with van der Waals surface area (Å²) >= 11 is 0. The number of ether oxygens (including phenoxy) is 1. The van der Waals surface area contributed by atoms with Gasteiger partial charge in [-0.1, -0.05) is 51.9 Å². The van der Waals surface area contributed by atoms with E-state index in [4.69, 9.17) is 10.5 Å². The average Bonchev–Trinajstić information content (AvgIpc) is 2.39. The molecule has 0 aliphatic heterocycles. The topological polar surface area (TPSA) is 47.3 Å². The molecule has 116 valence electrons. The molecule has 1 unspecified atom stereocenters. The molecule has 0 aromatic rings.